The molecule has 1 atom stereocenters. The fraction of sp³-hybridized carbons (Fsp3) is 0.316. The Morgan fingerprint density at radius 1 is 1.20 bits per heavy atom. The lowest BCUT2D eigenvalue weighted by molar-refractivity contribution is -0.134. The second-order valence-corrected chi connectivity index (χ2v) is 6.29. The average Bonchev–Trinajstić information content (AvgIpc) is 3.27. The Balaban J connectivity index is 1.51. The second-order valence-electron chi connectivity index (χ2n) is 6.29. The number of rotatable bonds is 4. The Bertz CT molecular complexity index is 905. The van der Waals surface area contributed by atoms with E-state index in [-0.39, 0.29) is 18.6 Å². The molecule has 2 aromatic heterocycles. The summed E-state index contributed by atoms with van der Waals surface area (Å²) in [5, 5.41) is 8.53. The quantitative estimate of drug-likeness (QED) is 0.735. The fourth-order valence-electron chi connectivity index (χ4n) is 3.36. The van der Waals surface area contributed by atoms with Crippen molar-refractivity contribution in [3.8, 4) is 5.75 Å². The minimum Gasteiger partial charge on any atom is -0.484 e. The summed E-state index contributed by atoms with van der Waals surface area (Å²) in [6.07, 6.45) is 3.80. The van der Waals surface area contributed by atoms with Crippen molar-refractivity contribution in [3.63, 3.8) is 0 Å². The van der Waals surface area contributed by atoms with Crippen LogP contribution in [0, 0.1) is 6.92 Å². The van der Waals surface area contributed by atoms with E-state index in [1.165, 1.54) is 0 Å². The monoisotopic (exact) mass is 336 g/mol. The SMILES string of the molecule is Cc1ccccc1OCC(=O)N1CCC[C@@H]1c1nnc2ccccn12. The lowest BCUT2D eigenvalue weighted by Gasteiger charge is -2.23. The van der Waals surface area contributed by atoms with E-state index in [0.717, 1.165) is 42.2 Å². The molecule has 6 heteroatoms. The van der Waals surface area contributed by atoms with Crippen LogP contribution in [0.4, 0.5) is 0 Å². The molecule has 1 saturated heterocycles. The first-order valence-electron chi connectivity index (χ1n) is 8.51. The van der Waals surface area contributed by atoms with Crippen molar-refractivity contribution in [2.45, 2.75) is 25.8 Å². The molecular weight excluding hydrogens is 316 g/mol. The molecule has 0 N–H and O–H groups in total. The molecule has 1 aromatic carbocycles. The van der Waals surface area contributed by atoms with Crippen LogP contribution in [0.1, 0.15) is 30.3 Å². The maximum atomic E-state index is 12.7. The molecule has 128 valence electrons. The highest BCUT2D eigenvalue weighted by atomic mass is 16.5. The number of para-hydroxylation sites is 1. The standard InChI is InChI=1S/C19H20N4O2/c1-14-7-2-3-9-16(14)25-13-18(24)22-12-6-8-15(22)19-21-20-17-10-4-5-11-23(17)19/h2-5,7,9-11,15H,6,8,12-13H2,1H3/t15-/m1/s1. The highest BCUT2D eigenvalue weighted by molar-refractivity contribution is 5.78. The number of nitrogens with zero attached hydrogens (tertiary/aromatic N) is 4. The van der Waals surface area contributed by atoms with Gasteiger partial charge in [0.05, 0.1) is 6.04 Å². The van der Waals surface area contributed by atoms with Gasteiger partial charge in [-0.25, -0.2) is 0 Å². The molecule has 25 heavy (non-hydrogen) atoms. The summed E-state index contributed by atoms with van der Waals surface area (Å²) < 4.78 is 7.69. The lowest BCUT2D eigenvalue weighted by atomic mass is 10.2. The average molecular weight is 336 g/mol. The van der Waals surface area contributed by atoms with E-state index in [2.05, 4.69) is 10.2 Å². The molecule has 6 nitrogen and oxygen atoms in total. The number of hydrogen-bond acceptors (Lipinski definition) is 4. The summed E-state index contributed by atoms with van der Waals surface area (Å²) in [7, 11) is 0. The highest BCUT2D eigenvalue weighted by Gasteiger charge is 2.33. The number of aryl methyl sites for hydroxylation is 1. The van der Waals surface area contributed by atoms with Gasteiger partial charge in [-0.15, -0.1) is 10.2 Å². The van der Waals surface area contributed by atoms with Crippen LogP contribution in [0.25, 0.3) is 5.65 Å². The van der Waals surface area contributed by atoms with E-state index in [4.69, 9.17) is 4.74 Å². The smallest absolute Gasteiger partial charge is 0.261 e. The summed E-state index contributed by atoms with van der Waals surface area (Å²) in [6.45, 7) is 2.74. The Morgan fingerprint density at radius 2 is 2.04 bits per heavy atom. The Morgan fingerprint density at radius 3 is 2.92 bits per heavy atom. The molecule has 1 aliphatic heterocycles. The van der Waals surface area contributed by atoms with Crippen LogP contribution in [-0.2, 0) is 4.79 Å². The van der Waals surface area contributed by atoms with E-state index in [9.17, 15) is 4.79 Å². The van der Waals surface area contributed by atoms with Crippen LogP contribution in [-0.4, -0.2) is 38.6 Å². The molecule has 1 aliphatic rings. The van der Waals surface area contributed by atoms with Crippen LogP contribution in [0.3, 0.4) is 0 Å². The topological polar surface area (TPSA) is 59.7 Å². The fourth-order valence-corrected chi connectivity index (χ4v) is 3.36. The Hall–Kier alpha value is -2.89. The van der Waals surface area contributed by atoms with Gasteiger partial charge in [0, 0.05) is 12.7 Å². The number of amides is 1. The van der Waals surface area contributed by atoms with E-state index in [1.54, 1.807) is 0 Å². The zero-order chi connectivity index (χ0) is 17.2. The number of pyridine rings is 1. The predicted molar refractivity (Wildman–Crippen MR) is 93.3 cm³/mol. The number of benzene rings is 1. The molecule has 0 bridgehead atoms. The third-order valence-corrected chi connectivity index (χ3v) is 4.66. The maximum Gasteiger partial charge on any atom is 0.261 e. The molecular formula is C19H20N4O2. The van der Waals surface area contributed by atoms with Gasteiger partial charge in [-0.3, -0.25) is 9.20 Å². The Labute approximate surface area is 146 Å². The summed E-state index contributed by atoms with van der Waals surface area (Å²) in [5.41, 5.74) is 1.82. The molecule has 0 radical (unpaired) electrons. The van der Waals surface area contributed by atoms with Crippen LogP contribution in [0.5, 0.6) is 5.75 Å². The largest absolute Gasteiger partial charge is 0.484 e. The lowest BCUT2D eigenvalue weighted by Crippen LogP contribution is -2.35. The number of likely N-dealkylation sites (tertiary alicyclic amines) is 1. The van der Waals surface area contributed by atoms with Crippen molar-refractivity contribution in [2.24, 2.45) is 0 Å². The zero-order valence-corrected chi connectivity index (χ0v) is 14.1. The van der Waals surface area contributed by atoms with Crippen molar-refractivity contribution in [2.75, 3.05) is 13.2 Å². The van der Waals surface area contributed by atoms with Crippen LogP contribution < -0.4 is 4.74 Å². The van der Waals surface area contributed by atoms with Gasteiger partial charge in [-0.2, -0.15) is 0 Å². The molecule has 4 rings (SSSR count). The highest BCUT2D eigenvalue weighted by Crippen LogP contribution is 2.31. The first-order valence-corrected chi connectivity index (χ1v) is 8.51. The second kappa shape index (κ2) is 6.55. The first kappa shape index (κ1) is 15.6. The van der Waals surface area contributed by atoms with Crippen molar-refractivity contribution in [1.29, 1.82) is 0 Å². The molecule has 1 amide bonds. The minimum absolute atomic E-state index is 0.0153. The minimum atomic E-state index is -0.0506. The van der Waals surface area contributed by atoms with Gasteiger partial charge >= 0.3 is 0 Å². The van der Waals surface area contributed by atoms with Crippen LogP contribution in [0.15, 0.2) is 48.7 Å². The third-order valence-electron chi connectivity index (χ3n) is 4.66. The van der Waals surface area contributed by atoms with Crippen molar-refractivity contribution in [1.82, 2.24) is 19.5 Å². The first-order chi connectivity index (χ1) is 12.2. The summed E-state index contributed by atoms with van der Waals surface area (Å²) >= 11 is 0. The zero-order valence-electron chi connectivity index (χ0n) is 14.1. The Kier molecular flexibility index (Phi) is 4.09. The number of hydrogen-bond donors (Lipinski definition) is 0. The number of carbonyl (C=O) groups is 1. The van der Waals surface area contributed by atoms with Gasteiger partial charge in [-0.1, -0.05) is 24.3 Å². The van der Waals surface area contributed by atoms with E-state index in [0.29, 0.717) is 0 Å². The van der Waals surface area contributed by atoms with E-state index in [1.807, 2.05) is 64.9 Å². The van der Waals surface area contributed by atoms with Gasteiger partial charge in [0.25, 0.3) is 5.91 Å². The molecule has 3 heterocycles. The van der Waals surface area contributed by atoms with Crippen LogP contribution in [0.2, 0.25) is 0 Å². The van der Waals surface area contributed by atoms with Gasteiger partial charge in [0.1, 0.15) is 5.75 Å². The normalized spacial score (nSPS) is 17.2. The molecule has 0 aliphatic carbocycles. The number of aromatic nitrogens is 3. The summed E-state index contributed by atoms with van der Waals surface area (Å²) in [5.74, 6) is 1.55. The molecule has 0 saturated carbocycles. The van der Waals surface area contributed by atoms with Crippen LogP contribution >= 0.6 is 0 Å². The molecule has 1 fully saturated rings. The predicted octanol–water partition coefficient (Wildman–Crippen LogP) is 2.78. The number of ether oxygens (including phenoxy) is 1. The van der Waals surface area contributed by atoms with Gasteiger partial charge in [0.2, 0.25) is 0 Å². The van der Waals surface area contributed by atoms with Gasteiger partial charge in [0.15, 0.2) is 18.1 Å². The van der Waals surface area contributed by atoms with E-state index < -0.39 is 0 Å². The summed E-state index contributed by atoms with van der Waals surface area (Å²) in [4.78, 5) is 14.6. The number of carbonyl (C=O) groups excluding carboxylic acids is 1. The van der Waals surface area contributed by atoms with Gasteiger partial charge in [-0.05, 0) is 43.5 Å². The molecule has 3 aromatic rings. The van der Waals surface area contributed by atoms with Crippen molar-refractivity contribution in [3.05, 3.63) is 60.0 Å². The maximum absolute atomic E-state index is 12.7. The summed E-state index contributed by atoms with van der Waals surface area (Å²) in [6, 6.07) is 13.5. The molecule has 0 spiro atoms. The van der Waals surface area contributed by atoms with Gasteiger partial charge < -0.3 is 9.64 Å². The van der Waals surface area contributed by atoms with Crippen molar-refractivity contribution >= 4 is 11.6 Å². The molecule has 0 unspecified atom stereocenters. The third kappa shape index (κ3) is 2.95. The van der Waals surface area contributed by atoms with Crippen molar-refractivity contribution < 1.29 is 9.53 Å². The van der Waals surface area contributed by atoms with E-state index >= 15 is 0 Å². The number of fused-ring (bicyclic) bond motifs is 1.